The van der Waals surface area contributed by atoms with Crippen molar-refractivity contribution in [2.75, 3.05) is 20.8 Å². The number of carbonyl (C=O) groups excluding carboxylic acids is 1. The predicted octanol–water partition coefficient (Wildman–Crippen LogP) is 8.51. The maximum atomic E-state index is 12.0. The van der Waals surface area contributed by atoms with Gasteiger partial charge in [0.15, 0.2) is 16.6 Å². The highest BCUT2D eigenvalue weighted by Crippen LogP contribution is 2.43. The summed E-state index contributed by atoms with van der Waals surface area (Å²) in [5.41, 5.74) is 2.90. The van der Waals surface area contributed by atoms with Crippen LogP contribution in [0.1, 0.15) is 95.4 Å². The highest BCUT2D eigenvalue weighted by molar-refractivity contribution is 6.77. The van der Waals surface area contributed by atoms with Crippen molar-refractivity contribution in [3.63, 3.8) is 0 Å². The second-order valence-electron chi connectivity index (χ2n) is 12.9. The average molecular weight is 545 g/mol. The molecule has 0 N–H and O–H groups in total. The van der Waals surface area contributed by atoms with E-state index in [4.69, 9.17) is 18.3 Å². The first-order valence-corrected chi connectivity index (χ1v) is 19.0. The lowest BCUT2D eigenvalue weighted by molar-refractivity contribution is -0.143. The van der Waals surface area contributed by atoms with Crippen molar-refractivity contribution >= 4 is 22.6 Å². The average Bonchev–Trinajstić information content (AvgIpc) is 2.75. The molecule has 0 unspecified atom stereocenters. The molecule has 0 amide bonds. The molecule has 0 aliphatic carbocycles. The van der Waals surface area contributed by atoms with E-state index in [1.165, 1.54) is 12.7 Å². The fraction of sp³-hybridized carbons (Fsp3) is 0.897. The quantitative estimate of drug-likeness (QED) is 0.111. The van der Waals surface area contributed by atoms with Crippen LogP contribution in [0.2, 0.25) is 34.8 Å². The summed E-state index contributed by atoms with van der Waals surface area (Å²) in [5, 5.41) is 0.0840. The van der Waals surface area contributed by atoms with Crippen LogP contribution in [0.3, 0.4) is 0 Å². The predicted molar refractivity (Wildman–Crippen MR) is 159 cm³/mol. The van der Waals surface area contributed by atoms with Gasteiger partial charge in [0.05, 0.1) is 25.7 Å². The van der Waals surface area contributed by atoms with Gasteiger partial charge in [0.2, 0.25) is 0 Å². The van der Waals surface area contributed by atoms with E-state index in [-0.39, 0.29) is 29.6 Å². The summed E-state index contributed by atoms with van der Waals surface area (Å²) in [6.07, 6.45) is 3.86. The third-order valence-electron chi connectivity index (χ3n) is 8.46. The minimum Gasteiger partial charge on any atom is -0.469 e. The summed E-state index contributed by atoms with van der Waals surface area (Å²) in [5.74, 6) is 0.0620. The number of hydrogen-bond donors (Lipinski definition) is 0. The lowest BCUT2D eigenvalue weighted by Crippen LogP contribution is -2.48. The molecule has 5 nitrogen and oxygen atoms in total. The lowest BCUT2D eigenvalue weighted by atomic mass is 9.97. The van der Waals surface area contributed by atoms with Crippen molar-refractivity contribution < 1.29 is 23.1 Å². The van der Waals surface area contributed by atoms with Gasteiger partial charge in [-0.1, -0.05) is 75.3 Å². The normalized spacial score (nSPS) is 16.6. The number of carbonyl (C=O) groups is 1. The van der Waals surface area contributed by atoms with Gasteiger partial charge in [0.25, 0.3) is 0 Å². The van der Waals surface area contributed by atoms with E-state index in [1.54, 1.807) is 7.11 Å². The Balaban J connectivity index is 6.05. The van der Waals surface area contributed by atoms with Gasteiger partial charge in [0, 0.05) is 20.1 Å². The van der Waals surface area contributed by atoms with Crippen LogP contribution in [-0.4, -0.2) is 55.6 Å². The number of methoxy groups -OCH3 is 2. The molecule has 0 aliphatic rings. The second kappa shape index (κ2) is 15.2. The molecule has 0 aliphatic heterocycles. The second-order valence-corrected chi connectivity index (χ2v) is 23.2. The third kappa shape index (κ3) is 10.0. The van der Waals surface area contributed by atoms with Gasteiger partial charge in [-0.25, -0.2) is 0 Å². The number of rotatable bonds is 16. The Labute approximate surface area is 226 Å². The van der Waals surface area contributed by atoms with E-state index < -0.39 is 16.6 Å². The monoisotopic (exact) mass is 544 g/mol. The van der Waals surface area contributed by atoms with Crippen molar-refractivity contribution in [1.82, 2.24) is 0 Å². The van der Waals surface area contributed by atoms with Gasteiger partial charge in [-0.2, -0.15) is 0 Å². The molecule has 36 heavy (non-hydrogen) atoms. The summed E-state index contributed by atoms with van der Waals surface area (Å²) in [6.45, 7) is 30.5. The Morgan fingerprint density at radius 1 is 0.944 bits per heavy atom. The van der Waals surface area contributed by atoms with Crippen molar-refractivity contribution in [2.24, 2.45) is 5.92 Å². The largest absolute Gasteiger partial charge is 0.469 e. The molecule has 0 fully saturated rings. The zero-order chi connectivity index (χ0) is 28.5. The van der Waals surface area contributed by atoms with Gasteiger partial charge in [-0.3, -0.25) is 4.79 Å². The minimum absolute atomic E-state index is 0.0840. The molecule has 214 valence electrons. The van der Waals surface area contributed by atoms with E-state index in [1.807, 2.05) is 0 Å². The van der Waals surface area contributed by atoms with Gasteiger partial charge in [-0.05, 0) is 59.6 Å². The minimum atomic E-state index is -2.05. The van der Waals surface area contributed by atoms with Gasteiger partial charge in [0.1, 0.15) is 0 Å². The molecular formula is C29H60O5Si2. The Morgan fingerprint density at radius 3 is 1.81 bits per heavy atom. The van der Waals surface area contributed by atoms with Crippen LogP contribution in [0.5, 0.6) is 0 Å². The highest BCUT2D eigenvalue weighted by Gasteiger charge is 2.45. The van der Waals surface area contributed by atoms with Gasteiger partial charge in [-0.15, -0.1) is 0 Å². The van der Waals surface area contributed by atoms with Crippen LogP contribution in [-0.2, 0) is 23.1 Å². The molecule has 0 spiro atoms. The fourth-order valence-electron chi connectivity index (χ4n) is 5.14. The summed E-state index contributed by atoms with van der Waals surface area (Å²) < 4.78 is 24.5. The van der Waals surface area contributed by atoms with Crippen LogP contribution in [0, 0.1) is 5.92 Å². The number of hydrogen-bond acceptors (Lipinski definition) is 5. The van der Waals surface area contributed by atoms with Crippen molar-refractivity contribution in [3.8, 4) is 0 Å². The molecular weight excluding hydrogens is 484 g/mol. The Hall–Kier alpha value is -0.476. The molecule has 0 aromatic carbocycles. The van der Waals surface area contributed by atoms with Crippen molar-refractivity contribution in [2.45, 2.75) is 142 Å². The summed E-state index contributed by atoms with van der Waals surface area (Å²) in [7, 11) is -0.897. The van der Waals surface area contributed by atoms with E-state index in [2.05, 4.69) is 95.3 Å². The van der Waals surface area contributed by atoms with Crippen LogP contribution in [0.25, 0.3) is 0 Å². The molecule has 0 radical (unpaired) electrons. The molecule has 0 saturated carbocycles. The topological polar surface area (TPSA) is 54.0 Å². The Bertz CT molecular complexity index is 658. The van der Waals surface area contributed by atoms with Crippen molar-refractivity contribution in [1.29, 1.82) is 0 Å². The van der Waals surface area contributed by atoms with Crippen molar-refractivity contribution in [3.05, 3.63) is 11.6 Å². The van der Waals surface area contributed by atoms with Crippen LogP contribution in [0.15, 0.2) is 11.6 Å². The molecule has 0 bridgehead atoms. The first-order chi connectivity index (χ1) is 16.4. The van der Waals surface area contributed by atoms with Crippen LogP contribution < -0.4 is 0 Å². The zero-order valence-corrected chi connectivity index (χ0v) is 28.4. The van der Waals surface area contributed by atoms with E-state index in [0.29, 0.717) is 29.0 Å². The molecule has 0 rings (SSSR count). The lowest BCUT2D eigenvalue weighted by Gasteiger charge is -2.43. The molecule has 3 atom stereocenters. The molecule has 7 heteroatoms. The summed E-state index contributed by atoms with van der Waals surface area (Å²) in [4.78, 5) is 12.0. The maximum absolute atomic E-state index is 12.0. The zero-order valence-electron chi connectivity index (χ0n) is 26.4. The van der Waals surface area contributed by atoms with Gasteiger partial charge < -0.3 is 18.3 Å². The van der Waals surface area contributed by atoms with Crippen LogP contribution >= 0.6 is 0 Å². The highest BCUT2D eigenvalue weighted by atomic mass is 28.4. The molecule has 0 aromatic rings. The first-order valence-electron chi connectivity index (χ1n) is 14.0. The smallest absolute Gasteiger partial charge is 0.308 e. The standard InChI is InChI=1S/C29H60O5Si2/c1-16-25(20-33-36(21(2)3,22(4)5)23(6)7)17-24(8)27(34-35(14,15)29(9,10)11)18-26(31-12)19-28(30)32-13/h17,21-23,25-27H,16,18-20H2,1-15H3/b24-17-/t25-,26-,27-/m1/s1. The van der Waals surface area contributed by atoms with E-state index in [9.17, 15) is 4.79 Å². The summed E-state index contributed by atoms with van der Waals surface area (Å²) in [6, 6.07) is 0. The Morgan fingerprint density at radius 2 is 1.44 bits per heavy atom. The van der Waals surface area contributed by atoms with E-state index >= 15 is 0 Å². The number of ether oxygens (including phenoxy) is 2. The molecule has 0 saturated heterocycles. The summed E-state index contributed by atoms with van der Waals surface area (Å²) >= 11 is 0. The SMILES string of the molecule is CC[C@H](/C=C(/C)[C@@H](C[C@H](CC(=O)OC)OC)O[Si](C)(C)C(C)(C)C)CO[Si](C(C)C)(C(C)C)C(C)C. The Kier molecular flexibility index (Phi) is 15.0. The van der Waals surface area contributed by atoms with Gasteiger partial charge >= 0.3 is 5.97 Å². The van der Waals surface area contributed by atoms with E-state index in [0.717, 1.165) is 13.0 Å². The van der Waals surface area contributed by atoms with Crippen LogP contribution in [0.4, 0.5) is 0 Å². The first kappa shape index (κ1) is 35.5. The third-order valence-corrected chi connectivity index (χ3v) is 19.0. The number of esters is 1. The molecule has 0 aromatic heterocycles. The maximum Gasteiger partial charge on any atom is 0.308 e. The molecule has 0 heterocycles. The fourth-order valence-corrected chi connectivity index (χ4v) is 12.0.